The molecule has 0 radical (unpaired) electrons. The maximum absolute atomic E-state index is 13.5. The lowest BCUT2D eigenvalue weighted by Crippen LogP contribution is -2.25. The van der Waals surface area contributed by atoms with Crippen molar-refractivity contribution in [2.75, 3.05) is 13.2 Å². The highest BCUT2D eigenvalue weighted by atomic mass is 31.1. The van der Waals surface area contributed by atoms with E-state index in [9.17, 15) is 17.7 Å². The Bertz CT molecular complexity index is 1080. The second-order valence-corrected chi connectivity index (χ2v) is 8.63. The topological polar surface area (TPSA) is 80.9 Å². The van der Waals surface area contributed by atoms with E-state index in [2.05, 4.69) is 22.0 Å². The van der Waals surface area contributed by atoms with Crippen molar-refractivity contribution in [3.63, 3.8) is 0 Å². The van der Waals surface area contributed by atoms with E-state index in [0.717, 1.165) is 31.2 Å². The standard InChI is InChI=1S/C25H27F3NO5P/c26-24-13-12-23(33-24)21-17-20(18-29-15-14-25(27,28)34-35(30)31)10-11-22(21)32-16-6-2-5-9-19-7-3-1-4-8-19/h1,3-4,7-8,10-13,17,29H,2,5-6,9,14-16,18H2/p+1. The van der Waals surface area contributed by atoms with Crippen molar-refractivity contribution >= 4 is 8.25 Å². The number of unbranched alkanes of at least 4 members (excludes halogenated alkanes) is 2. The maximum Gasteiger partial charge on any atom is 0.701 e. The Hall–Kier alpha value is -2.71. The van der Waals surface area contributed by atoms with Gasteiger partial charge in [0.1, 0.15) is 11.5 Å². The first-order valence-corrected chi connectivity index (χ1v) is 12.4. The van der Waals surface area contributed by atoms with Crippen molar-refractivity contribution in [1.82, 2.24) is 5.32 Å². The van der Waals surface area contributed by atoms with Gasteiger partial charge in [0.25, 0.3) is 6.01 Å². The van der Waals surface area contributed by atoms with Crippen LogP contribution in [-0.2, 0) is 22.1 Å². The molecule has 2 N–H and O–H groups in total. The number of rotatable bonds is 15. The Labute approximate surface area is 203 Å². The second-order valence-electron chi connectivity index (χ2n) is 7.97. The predicted octanol–water partition coefficient (Wildman–Crippen LogP) is 6.62. The summed E-state index contributed by atoms with van der Waals surface area (Å²) in [6.07, 6.45) is -0.553. The summed E-state index contributed by atoms with van der Waals surface area (Å²) >= 11 is 0. The molecule has 1 heterocycles. The summed E-state index contributed by atoms with van der Waals surface area (Å²) < 4.78 is 65.4. The molecule has 1 atom stereocenters. The summed E-state index contributed by atoms with van der Waals surface area (Å²) in [4.78, 5) is 8.48. The summed E-state index contributed by atoms with van der Waals surface area (Å²) in [6.45, 7) is 0.574. The van der Waals surface area contributed by atoms with Gasteiger partial charge in [-0.2, -0.15) is 13.2 Å². The molecule has 0 aliphatic rings. The highest BCUT2D eigenvalue weighted by molar-refractivity contribution is 7.32. The zero-order valence-electron chi connectivity index (χ0n) is 19.1. The fourth-order valence-corrected chi connectivity index (χ4v) is 3.85. The lowest BCUT2D eigenvalue weighted by atomic mass is 10.1. The minimum absolute atomic E-state index is 0.151. The highest BCUT2D eigenvalue weighted by Gasteiger charge is 2.40. The lowest BCUT2D eigenvalue weighted by Gasteiger charge is -2.13. The molecule has 2 aromatic carbocycles. The Morgan fingerprint density at radius 3 is 2.51 bits per heavy atom. The zero-order chi connectivity index (χ0) is 25.1. The lowest BCUT2D eigenvalue weighted by molar-refractivity contribution is -0.179. The molecule has 0 saturated heterocycles. The molecule has 0 spiro atoms. The van der Waals surface area contributed by atoms with Crippen LogP contribution in [0.15, 0.2) is 65.1 Å². The number of hydrogen-bond donors (Lipinski definition) is 2. The minimum atomic E-state index is -3.70. The SMILES string of the molecule is O=[P+](O)OC(F)(F)CCNCc1ccc(OCCCCCc2ccccc2)c(-c2ccc(F)o2)c1. The van der Waals surface area contributed by atoms with Crippen LogP contribution >= 0.6 is 8.25 Å². The third kappa shape index (κ3) is 9.45. The van der Waals surface area contributed by atoms with E-state index in [1.54, 1.807) is 18.2 Å². The first-order chi connectivity index (χ1) is 16.8. The van der Waals surface area contributed by atoms with Gasteiger partial charge in [-0.25, -0.2) is 0 Å². The Morgan fingerprint density at radius 2 is 1.80 bits per heavy atom. The van der Waals surface area contributed by atoms with Crippen LogP contribution in [0.4, 0.5) is 13.2 Å². The molecule has 6 nitrogen and oxygen atoms in total. The van der Waals surface area contributed by atoms with Crippen molar-refractivity contribution in [2.45, 2.75) is 44.8 Å². The normalized spacial score (nSPS) is 12.1. The van der Waals surface area contributed by atoms with Crippen LogP contribution in [0.5, 0.6) is 5.75 Å². The van der Waals surface area contributed by atoms with Gasteiger partial charge in [0.05, 0.1) is 18.6 Å². The first kappa shape index (κ1) is 26.9. The third-order valence-electron chi connectivity index (χ3n) is 5.23. The molecule has 0 aliphatic carbocycles. The molecule has 0 saturated carbocycles. The maximum atomic E-state index is 13.5. The van der Waals surface area contributed by atoms with Crippen LogP contribution in [-0.4, -0.2) is 24.2 Å². The molecule has 3 rings (SSSR count). The number of alkyl halides is 2. The van der Waals surface area contributed by atoms with E-state index in [-0.39, 0.29) is 13.1 Å². The van der Waals surface area contributed by atoms with Gasteiger partial charge < -0.3 is 14.5 Å². The van der Waals surface area contributed by atoms with Crippen molar-refractivity contribution < 1.29 is 36.3 Å². The molecule has 3 aromatic rings. The van der Waals surface area contributed by atoms with E-state index in [1.807, 2.05) is 18.2 Å². The van der Waals surface area contributed by atoms with Crippen LogP contribution in [0.2, 0.25) is 0 Å². The fourth-order valence-electron chi connectivity index (χ4n) is 3.53. The van der Waals surface area contributed by atoms with Crippen molar-refractivity contribution in [3.8, 4) is 17.1 Å². The van der Waals surface area contributed by atoms with E-state index < -0.39 is 26.8 Å². The summed E-state index contributed by atoms with van der Waals surface area (Å²) in [5, 5.41) is 2.83. The molecule has 35 heavy (non-hydrogen) atoms. The largest absolute Gasteiger partial charge is 0.701 e. The monoisotopic (exact) mass is 510 g/mol. The summed E-state index contributed by atoms with van der Waals surface area (Å²) in [6, 6.07) is 17.5. The van der Waals surface area contributed by atoms with E-state index in [1.165, 1.54) is 17.7 Å². The minimum Gasteiger partial charge on any atom is -0.493 e. The van der Waals surface area contributed by atoms with Gasteiger partial charge in [-0.3, -0.25) is 0 Å². The van der Waals surface area contributed by atoms with Gasteiger partial charge >= 0.3 is 14.4 Å². The fraction of sp³-hybridized carbons (Fsp3) is 0.360. The molecule has 188 valence electrons. The molecular formula is C25H28F3NO5P+. The average Bonchev–Trinajstić information content (AvgIpc) is 3.25. The quantitative estimate of drug-likeness (QED) is 0.177. The predicted molar refractivity (Wildman–Crippen MR) is 126 cm³/mol. The molecule has 0 aliphatic heterocycles. The van der Waals surface area contributed by atoms with E-state index >= 15 is 0 Å². The van der Waals surface area contributed by atoms with Gasteiger partial charge in [-0.1, -0.05) is 36.4 Å². The van der Waals surface area contributed by atoms with E-state index in [0.29, 0.717) is 23.7 Å². The third-order valence-corrected chi connectivity index (χ3v) is 5.65. The van der Waals surface area contributed by atoms with Crippen LogP contribution in [0.1, 0.15) is 36.8 Å². The van der Waals surface area contributed by atoms with Crippen molar-refractivity contribution in [3.05, 3.63) is 77.8 Å². The van der Waals surface area contributed by atoms with Gasteiger partial charge in [-0.05, 0) is 59.5 Å². The summed E-state index contributed by atoms with van der Waals surface area (Å²) in [5.74, 6) is 0.841. The number of ether oxygens (including phenoxy) is 1. The molecule has 1 unspecified atom stereocenters. The molecule has 0 bridgehead atoms. The van der Waals surface area contributed by atoms with Gasteiger partial charge in [0.2, 0.25) is 0 Å². The Kier molecular flexibility index (Phi) is 10.3. The molecule has 0 amide bonds. The smallest absolute Gasteiger partial charge is 0.493 e. The van der Waals surface area contributed by atoms with Crippen LogP contribution in [0, 0.1) is 6.01 Å². The number of nitrogens with one attached hydrogen (secondary N) is 1. The Morgan fingerprint density at radius 1 is 1.00 bits per heavy atom. The molecular weight excluding hydrogens is 482 g/mol. The number of halogens is 3. The van der Waals surface area contributed by atoms with Crippen LogP contribution in [0.3, 0.4) is 0 Å². The highest BCUT2D eigenvalue weighted by Crippen LogP contribution is 2.33. The van der Waals surface area contributed by atoms with Crippen LogP contribution in [0.25, 0.3) is 11.3 Å². The number of aryl methyl sites for hydroxylation is 1. The second kappa shape index (κ2) is 13.4. The summed E-state index contributed by atoms with van der Waals surface area (Å²) in [7, 11) is -3.39. The van der Waals surface area contributed by atoms with Gasteiger partial charge in [0.15, 0.2) is 0 Å². The summed E-state index contributed by atoms with van der Waals surface area (Å²) in [5.41, 5.74) is 2.60. The molecule has 10 heteroatoms. The number of benzene rings is 2. The van der Waals surface area contributed by atoms with Gasteiger partial charge in [0, 0.05) is 23.7 Å². The molecule has 0 fully saturated rings. The first-order valence-electron chi connectivity index (χ1n) is 11.3. The number of hydrogen-bond acceptors (Lipinski definition) is 5. The Balaban J connectivity index is 1.52. The van der Waals surface area contributed by atoms with Crippen molar-refractivity contribution in [1.29, 1.82) is 0 Å². The molecule has 1 aromatic heterocycles. The van der Waals surface area contributed by atoms with Gasteiger partial charge in [-0.15, -0.1) is 4.89 Å². The van der Waals surface area contributed by atoms with Crippen molar-refractivity contribution in [2.24, 2.45) is 0 Å². The average molecular weight is 510 g/mol. The van der Waals surface area contributed by atoms with E-state index in [4.69, 9.17) is 14.0 Å². The number of furan rings is 1. The zero-order valence-corrected chi connectivity index (χ0v) is 20.0. The van der Waals surface area contributed by atoms with Crippen LogP contribution < -0.4 is 10.1 Å².